The summed E-state index contributed by atoms with van der Waals surface area (Å²) in [7, 11) is 0. The number of benzene rings is 2. The van der Waals surface area contributed by atoms with Gasteiger partial charge in [0.2, 0.25) is 11.8 Å². The largest absolute Gasteiger partial charge is 0.455 e. The SMILES string of the molecule is C[C@@H]1NC(=O)CC/C=C\CN(c2ccccc2Cl)C(=O)[C@H]2N(CCCO)C(=O)[C@@H]3[C@@H](C(=O)O[C@H]1c1ccccc1)[C@H]1C=C[C@]32O1. The van der Waals surface area contributed by atoms with E-state index in [1.165, 1.54) is 9.80 Å². The number of ether oxygens (including phenoxy) is 2. The molecular formula is C34H36ClN3O7. The highest BCUT2D eigenvalue weighted by Crippen LogP contribution is 2.56. The van der Waals surface area contributed by atoms with E-state index in [2.05, 4.69) is 5.32 Å². The lowest BCUT2D eigenvalue weighted by Gasteiger charge is -2.36. The van der Waals surface area contributed by atoms with E-state index in [9.17, 15) is 24.3 Å². The van der Waals surface area contributed by atoms with Crippen molar-refractivity contribution in [2.45, 2.75) is 56.1 Å². The van der Waals surface area contributed by atoms with Crippen molar-refractivity contribution in [1.29, 1.82) is 0 Å². The Morgan fingerprint density at radius 3 is 2.53 bits per heavy atom. The number of para-hydroxylation sites is 1. The average molecular weight is 634 g/mol. The summed E-state index contributed by atoms with van der Waals surface area (Å²) >= 11 is 6.58. The summed E-state index contributed by atoms with van der Waals surface area (Å²) in [5.41, 5.74) is -0.278. The number of hydrogen-bond acceptors (Lipinski definition) is 7. The predicted molar refractivity (Wildman–Crippen MR) is 166 cm³/mol. The summed E-state index contributed by atoms with van der Waals surface area (Å²) in [5.74, 6) is -3.75. The highest BCUT2D eigenvalue weighted by Gasteiger charge is 2.73. The predicted octanol–water partition coefficient (Wildman–Crippen LogP) is 3.35. The van der Waals surface area contributed by atoms with Crippen molar-refractivity contribution in [3.05, 3.63) is 89.5 Å². The zero-order valence-electron chi connectivity index (χ0n) is 24.9. The number of carbonyl (C=O) groups is 4. The number of halogens is 1. The fourth-order valence-corrected chi connectivity index (χ4v) is 7.28. The van der Waals surface area contributed by atoms with Crippen LogP contribution in [0, 0.1) is 11.8 Å². The smallest absolute Gasteiger partial charge is 0.313 e. The van der Waals surface area contributed by atoms with Crippen molar-refractivity contribution < 1.29 is 33.8 Å². The maximum absolute atomic E-state index is 14.7. The number of allylic oxidation sites excluding steroid dienone is 1. The van der Waals surface area contributed by atoms with Crippen LogP contribution in [0.5, 0.6) is 0 Å². The lowest BCUT2D eigenvalue weighted by molar-refractivity contribution is -0.161. The number of cyclic esters (lactones) is 1. The lowest BCUT2D eigenvalue weighted by atomic mass is 9.74. The Labute approximate surface area is 266 Å². The molecule has 0 radical (unpaired) electrons. The minimum absolute atomic E-state index is 0.0928. The molecule has 45 heavy (non-hydrogen) atoms. The highest BCUT2D eigenvalue weighted by atomic mass is 35.5. The fourth-order valence-electron chi connectivity index (χ4n) is 7.04. The summed E-state index contributed by atoms with van der Waals surface area (Å²) in [6, 6.07) is 14.4. The molecule has 2 saturated heterocycles. The number of nitrogens with one attached hydrogen (secondary N) is 1. The molecule has 2 N–H and O–H groups in total. The molecule has 236 valence electrons. The van der Waals surface area contributed by atoms with Gasteiger partial charge in [-0.15, -0.1) is 0 Å². The van der Waals surface area contributed by atoms with Crippen molar-refractivity contribution >= 4 is 41.0 Å². The molecule has 4 aliphatic rings. The number of anilines is 1. The maximum atomic E-state index is 14.7. The Balaban J connectivity index is 1.45. The van der Waals surface area contributed by atoms with Crippen molar-refractivity contribution in [3.63, 3.8) is 0 Å². The molecule has 2 fully saturated rings. The number of carbonyl (C=O) groups excluding carboxylic acids is 4. The molecule has 0 aliphatic carbocycles. The first-order chi connectivity index (χ1) is 21.8. The number of aliphatic hydroxyl groups excluding tert-OH is 1. The van der Waals surface area contributed by atoms with E-state index in [0.29, 0.717) is 22.7 Å². The molecule has 6 rings (SSSR count). The van der Waals surface area contributed by atoms with Gasteiger partial charge in [0, 0.05) is 26.1 Å². The molecule has 2 aromatic rings. The van der Waals surface area contributed by atoms with Crippen LogP contribution in [0.25, 0.3) is 0 Å². The Bertz CT molecular complexity index is 1530. The van der Waals surface area contributed by atoms with Gasteiger partial charge >= 0.3 is 5.97 Å². The Hall–Kier alpha value is -3.99. The Morgan fingerprint density at radius 2 is 1.78 bits per heavy atom. The van der Waals surface area contributed by atoms with E-state index in [-0.39, 0.29) is 38.4 Å². The quantitative estimate of drug-likeness (QED) is 0.382. The summed E-state index contributed by atoms with van der Waals surface area (Å²) in [6.07, 6.45) is 6.30. The van der Waals surface area contributed by atoms with Gasteiger partial charge < -0.3 is 29.7 Å². The van der Waals surface area contributed by atoms with Gasteiger partial charge in [0.1, 0.15) is 23.7 Å². The summed E-state index contributed by atoms with van der Waals surface area (Å²) in [4.78, 5) is 58.9. The minimum atomic E-state index is -1.42. The van der Waals surface area contributed by atoms with Gasteiger partial charge in [-0.2, -0.15) is 0 Å². The van der Waals surface area contributed by atoms with E-state index in [4.69, 9.17) is 21.1 Å². The van der Waals surface area contributed by atoms with E-state index in [0.717, 1.165) is 0 Å². The minimum Gasteiger partial charge on any atom is -0.455 e. The first-order valence-corrected chi connectivity index (χ1v) is 15.7. The topological polar surface area (TPSA) is 125 Å². The van der Waals surface area contributed by atoms with Crippen LogP contribution in [0.2, 0.25) is 5.02 Å². The van der Waals surface area contributed by atoms with Gasteiger partial charge in [-0.3, -0.25) is 19.2 Å². The zero-order valence-corrected chi connectivity index (χ0v) is 25.6. The second-order valence-electron chi connectivity index (χ2n) is 11.8. The van der Waals surface area contributed by atoms with Crippen LogP contribution in [0.15, 0.2) is 78.9 Å². The number of amides is 3. The third-order valence-corrected chi connectivity index (χ3v) is 9.37. The standard InChI is InChI=1S/C34H36ClN3O7/c1-21-29(22-11-4-2-5-12-22)44-33(43)27-25-16-17-34(45-25)28(27)31(41)38(19-10-20-39)30(34)32(42)37(24-14-8-7-13-23(24)35)18-9-3-6-15-26(40)36-21/h2-5,7-9,11-14,16-17,21,25,27-30,39H,6,10,15,18-20H2,1H3,(H,36,40)/b9-3-/t21-,25+,27-,28-,29+,30+,34-/m0/s1. The number of nitrogens with zero attached hydrogens (tertiary/aromatic N) is 2. The van der Waals surface area contributed by atoms with Gasteiger partial charge in [0.15, 0.2) is 0 Å². The molecule has 0 unspecified atom stereocenters. The number of hydrogen-bond donors (Lipinski definition) is 2. The van der Waals surface area contributed by atoms with Crippen molar-refractivity contribution in [3.8, 4) is 0 Å². The van der Waals surface area contributed by atoms with Crippen LogP contribution in [-0.4, -0.2) is 77.2 Å². The Kier molecular flexibility index (Phi) is 8.81. The van der Waals surface area contributed by atoms with Crippen molar-refractivity contribution in [1.82, 2.24) is 10.2 Å². The molecule has 4 aliphatic heterocycles. The molecule has 5 bridgehead atoms. The van der Waals surface area contributed by atoms with Crippen molar-refractivity contribution in [2.75, 3.05) is 24.6 Å². The van der Waals surface area contributed by atoms with Crippen LogP contribution in [0.3, 0.4) is 0 Å². The third kappa shape index (κ3) is 5.55. The summed E-state index contributed by atoms with van der Waals surface area (Å²) in [6.45, 7) is 1.80. The molecule has 0 aromatic heterocycles. The molecule has 0 saturated carbocycles. The molecule has 2 aromatic carbocycles. The molecule has 1 spiro atoms. The third-order valence-electron chi connectivity index (χ3n) is 9.05. The van der Waals surface area contributed by atoms with E-state index in [1.807, 2.05) is 36.4 Å². The number of likely N-dealkylation sites (tertiary alicyclic amines) is 1. The van der Waals surface area contributed by atoms with Gasteiger partial charge in [-0.05, 0) is 37.5 Å². The van der Waals surface area contributed by atoms with E-state index in [1.54, 1.807) is 49.4 Å². The van der Waals surface area contributed by atoms with Crippen LogP contribution in [0.4, 0.5) is 5.69 Å². The average Bonchev–Trinajstić information content (AvgIpc) is 3.68. The van der Waals surface area contributed by atoms with Crippen LogP contribution in [-0.2, 0) is 28.7 Å². The molecule has 7 atom stereocenters. The van der Waals surface area contributed by atoms with Crippen molar-refractivity contribution in [2.24, 2.45) is 11.8 Å². The normalized spacial score (nSPS) is 32.4. The van der Waals surface area contributed by atoms with Gasteiger partial charge in [-0.25, -0.2) is 0 Å². The molecule has 3 amide bonds. The maximum Gasteiger partial charge on any atom is 0.313 e. The number of esters is 1. The zero-order chi connectivity index (χ0) is 31.7. The first-order valence-electron chi connectivity index (χ1n) is 15.3. The number of rotatable bonds is 5. The monoisotopic (exact) mass is 633 g/mol. The summed E-state index contributed by atoms with van der Waals surface area (Å²) in [5, 5.41) is 13.0. The lowest BCUT2D eigenvalue weighted by Crippen LogP contribution is -2.56. The van der Waals surface area contributed by atoms with E-state index >= 15 is 0 Å². The number of fused-ring (bicyclic) bond motifs is 2. The second-order valence-corrected chi connectivity index (χ2v) is 12.3. The highest BCUT2D eigenvalue weighted by molar-refractivity contribution is 6.34. The molecule has 11 heteroatoms. The molecular weight excluding hydrogens is 598 g/mol. The molecule has 10 nitrogen and oxygen atoms in total. The second kappa shape index (κ2) is 12.8. The summed E-state index contributed by atoms with van der Waals surface area (Å²) < 4.78 is 12.6. The molecule has 4 heterocycles. The Morgan fingerprint density at radius 1 is 1.02 bits per heavy atom. The number of aliphatic hydroxyl groups is 1. The van der Waals surface area contributed by atoms with Crippen LogP contribution in [0.1, 0.15) is 37.9 Å². The van der Waals surface area contributed by atoms with Gasteiger partial charge in [-0.1, -0.05) is 78.4 Å². The van der Waals surface area contributed by atoms with Crippen LogP contribution >= 0.6 is 11.6 Å². The first kappa shape index (κ1) is 31.0. The van der Waals surface area contributed by atoms with Crippen LogP contribution < -0.4 is 10.2 Å². The van der Waals surface area contributed by atoms with Gasteiger partial charge in [0.05, 0.1) is 28.8 Å². The van der Waals surface area contributed by atoms with Gasteiger partial charge in [0.25, 0.3) is 5.91 Å². The fraction of sp³-hybridized carbons (Fsp3) is 0.412. The van der Waals surface area contributed by atoms with E-state index < -0.39 is 59.5 Å².